The number of ketones is 1. The van der Waals surface area contributed by atoms with E-state index in [1.54, 1.807) is 0 Å². The first kappa shape index (κ1) is 15.8. The van der Waals surface area contributed by atoms with Gasteiger partial charge >= 0.3 is 0 Å². The summed E-state index contributed by atoms with van der Waals surface area (Å²) in [6.45, 7) is 12.9. The van der Waals surface area contributed by atoms with E-state index in [4.69, 9.17) is 4.43 Å². The van der Waals surface area contributed by atoms with Crippen molar-refractivity contribution in [2.75, 3.05) is 0 Å². The summed E-state index contributed by atoms with van der Waals surface area (Å²) in [5, 5.41) is 0. The Kier molecular flexibility index (Phi) is 6.49. The highest BCUT2D eigenvalue weighted by Crippen LogP contribution is 2.27. The van der Waals surface area contributed by atoms with E-state index in [1.165, 1.54) is 0 Å². The quantitative estimate of drug-likeness (QED) is 0.599. The Labute approximate surface area is 102 Å². The molecule has 2 nitrogen and oxygen atoms in total. The number of Topliss-reactive ketones (excluding diaryl/α,β-unsaturated/α-hetero) is 1. The van der Waals surface area contributed by atoms with Gasteiger partial charge in [-0.05, 0) is 39.4 Å². The van der Waals surface area contributed by atoms with Crippen LogP contribution in [0.2, 0.25) is 19.6 Å². The minimum atomic E-state index is -1.57. The topological polar surface area (TPSA) is 26.3 Å². The number of hydrogen-bond acceptors (Lipinski definition) is 2. The zero-order valence-corrected chi connectivity index (χ0v) is 12.9. The zero-order chi connectivity index (χ0) is 12.8. The smallest absolute Gasteiger partial charge is 0.184 e. The first-order valence-corrected chi connectivity index (χ1v) is 9.85. The molecular weight excluding hydrogens is 216 g/mol. The fourth-order valence-corrected chi connectivity index (χ4v) is 3.88. The molecule has 0 saturated carbocycles. The molecule has 0 aromatic heterocycles. The Morgan fingerprint density at radius 1 is 1.19 bits per heavy atom. The standard InChI is InChI=1S/C13H28O2Si/c1-7-9-12(14)11-13(3,10-8-2)15-16(4,5)6/h7-11H2,1-6H3. The Morgan fingerprint density at radius 2 is 1.75 bits per heavy atom. The maximum atomic E-state index is 11.8. The molecule has 0 fully saturated rings. The minimum Gasteiger partial charge on any atom is -0.412 e. The van der Waals surface area contributed by atoms with Crippen LogP contribution in [0.3, 0.4) is 0 Å². The van der Waals surface area contributed by atoms with Crippen molar-refractivity contribution in [3.8, 4) is 0 Å². The summed E-state index contributed by atoms with van der Waals surface area (Å²) in [5.41, 5.74) is -0.231. The van der Waals surface area contributed by atoms with E-state index in [-0.39, 0.29) is 5.60 Å². The Bertz CT molecular complexity index is 220. The fourth-order valence-electron chi connectivity index (χ4n) is 2.23. The molecule has 0 spiro atoms. The normalized spacial score (nSPS) is 15.9. The third-order valence-corrected chi connectivity index (χ3v) is 3.54. The Morgan fingerprint density at radius 3 is 2.12 bits per heavy atom. The first-order chi connectivity index (χ1) is 7.22. The molecule has 0 saturated heterocycles. The predicted molar refractivity (Wildman–Crippen MR) is 72.3 cm³/mol. The number of hydrogen-bond donors (Lipinski definition) is 0. The van der Waals surface area contributed by atoms with E-state index in [1.807, 2.05) is 0 Å². The third kappa shape index (κ3) is 7.18. The van der Waals surface area contributed by atoms with Crippen LogP contribution in [0.4, 0.5) is 0 Å². The van der Waals surface area contributed by atoms with Crippen molar-refractivity contribution in [1.82, 2.24) is 0 Å². The van der Waals surface area contributed by atoms with E-state index >= 15 is 0 Å². The lowest BCUT2D eigenvalue weighted by Gasteiger charge is -2.36. The van der Waals surface area contributed by atoms with Crippen LogP contribution in [0.15, 0.2) is 0 Å². The van der Waals surface area contributed by atoms with Crippen LogP contribution in [0.1, 0.15) is 52.9 Å². The van der Waals surface area contributed by atoms with Crippen molar-refractivity contribution < 1.29 is 9.22 Å². The lowest BCUT2D eigenvalue weighted by Crippen LogP contribution is -2.42. The van der Waals surface area contributed by atoms with E-state index in [9.17, 15) is 4.79 Å². The maximum Gasteiger partial charge on any atom is 0.184 e. The van der Waals surface area contributed by atoms with Gasteiger partial charge in [0, 0.05) is 12.8 Å². The molecule has 0 aromatic carbocycles. The number of carbonyl (C=O) groups is 1. The monoisotopic (exact) mass is 244 g/mol. The van der Waals surface area contributed by atoms with Gasteiger partial charge in [-0.2, -0.15) is 0 Å². The highest BCUT2D eigenvalue weighted by atomic mass is 28.4. The molecule has 0 amide bonds. The van der Waals surface area contributed by atoms with Crippen molar-refractivity contribution in [3.05, 3.63) is 0 Å². The summed E-state index contributed by atoms with van der Waals surface area (Å²) in [5.74, 6) is 0.344. The maximum absolute atomic E-state index is 11.8. The molecule has 0 aliphatic rings. The van der Waals surface area contributed by atoms with Crippen LogP contribution >= 0.6 is 0 Å². The summed E-state index contributed by atoms with van der Waals surface area (Å²) in [6.07, 6.45) is 4.26. The predicted octanol–water partition coefficient (Wildman–Crippen LogP) is 4.16. The van der Waals surface area contributed by atoms with Gasteiger partial charge < -0.3 is 4.43 Å². The SMILES string of the molecule is CCCC(=O)CC(C)(CCC)O[Si](C)(C)C. The fraction of sp³-hybridized carbons (Fsp3) is 0.923. The van der Waals surface area contributed by atoms with Crippen molar-refractivity contribution >= 4 is 14.1 Å². The van der Waals surface area contributed by atoms with Gasteiger partial charge in [0.15, 0.2) is 8.32 Å². The lowest BCUT2D eigenvalue weighted by atomic mass is 9.93. The van der Waals surface area contributed by atoms with Gasteiger partial charge in [-0.3, -0.25) is 4.79 Å². The van der Waals surface area contributed by atoms with E-state index in [0.29, 0.717) is 18.6 Å². The lowest BCUT2D eigenvalue weighted by molar-refractivity contribution is -0.123. The van der Waals surface area contributed by atoms with Crippen molar-refractivity contribution in [2.45, 2.75) is 78.1 Å². The van der Waals surface area contributed by atoms with Crippen LogP contribution in [0, 0.1) is 0 Å². The van der Waals surface area contributed by atoms with Gasteiger partial charge in [0.25, 0.3) is 0 Å². The second-order valence-corrected chi connectivity index (χ2v) is 10.3. The second kappa shape index (κ2) is 6.55. The molecule has 1 unspecified atom stereocenters. The average Bonchev–Trinajstić information content (AvgIpc) is 1.99. The first-order valence-electron chi connectivity index (χ1n) is 6.44. The van der Waals surface area contributed by atoms with Gasteiger partial charge in [-0.25, -0.2) is 0 Å². The van der Waals surface area contributed by atoms with Gasteiger partial charge in [0.2, 0.25) is 0 Å². The third-order valence-electron chi connectivity index (χ3n) is 2.43. The Hall–Kier alpha value is -0.153. The number of rotatable bonds is 8. The van der Waals surface area contributed by atoms with Gasteiger partial charge in [-0.15, -0.1) is 0 Å². The van der Waals surface area contributed by atoms with Gasteiger partial charge in [-0.1, -0.05) is 20.3 Å². The zero-order valence-electron chi connectivity index (χ0n) is 11.9. The minimum absolute atomic E-state index is 0.231. The summed E-state index contributed by atoms with van der Waals surface area (Å²) in [6, 6.07) is 0. The Balaban J connectivity index is 4.49. The molecule has 0 aliphatic carbocycles. The molecule has 0 N–H and O–H groups in total. The van der Waals surface area contributed by atoms with Crippen LogP contribution in [-0.2, 0) is 9.22 Å². The second-order valence-electron chi connectivity index (χ2n) is 5.88. The molecule has 0 rings (SSSR count). The average molecular weight is 244 g/mol. The van der Waals surface area contributed by atoms with Crippen LogP contribution in [-0.4, -0.2) is 19.7 Å². The summed E-state index contributed by atoms with van der Waals surface area (Å²) < 4.78 is 6.20. The summed E-state index contributed by atoms with van der Waals surface area (Å²) in [7, 11) is -1.57. The van der Waals surface area contributed by atoms with Gasteiger partial charge in [0.05, 0.1) is 5.60 Å². The summed E-state index contributed by atoms with van der Waals surface area (Å²) in [4.78, 5) is 11.8. The van der Waals surface area contributed by atoms with E-state index < -0.39 is 8.32 Å². The van der Waals surface area contributed by atoms with Crippen LogP contribution in [0.5, 0.6) is 0 Å². The molecular formula is C13H28O2Si. The molecule has 16 heavy (non-hydrogen) atoms. The molecule has 96 valence electrons. The van der Waals surface area contributed by atoms with Crippen molar-refractivity contribution in [3.63, 3.8) is 0 Å². The number of carbonyl (C=O) groups excluding carboxylic acids is 1. The van der Waals surface area contributed by atoms with Gasteiger partial charge in [0.1, 0.15) is 5.78 Å². The van der Waals surface area contributed by atoms with Crippen molar-refractivity contribution in [1.29, 1.82) is 0 Å². The van der Waals surface area contributed by atoms with Crippen LogP contribution < -0.4 is 0 Å². The molecule has 0 aromatic rings. The van der Waals surface area contributed by atoms with Crippen molar-refractivity contribution in [2.24, 2.45) is 0 Å². The van der Waals surface area contributed by atoms with E-state index in [0.717, 1.165) is 19.3 Å². The highest BCUT2D eigenvalue weighted by Gasteiger charge is 2.32. The molecule has 0 aliphatic heterocycles. The molecule has 3 heteroatoms. The molecule has 0 heterocycles. The van der Waals surface area contributed by atoms with E-state index in [2.05, 4.69) is 40.4 Å². The summed E-state index contributed by atoms with van der Waals surface area (Å²) >= 11 is 0. The highest BCUT2D eigenvalue weighted by molar-refractivity contribution is 6.69. The molecule has 1 atom stereocenters. The van der Waals surface area contributed by atoms with Crippen LogP contribution in [0.25, 0.3) is 0 Å². The largest absolute Gasteiger partial charge is 0.412 e. The molecule has 0 bridgehead atoms. The molecule has 0 radical (unpaired) electrons.